The van der Waals surface area contributed by atoms with E-state index in [-0.39, 0.29) is 11.8 Å². The van der Waals surface area contributed by atoms with Gasteiger partial charge in [0.1, 0.15) is 5.82 Å². The van der Waals surface area contributed by atoms with Gasteiger partial charge in [-0.15, -0.1) is 0 Å². The van der Waals surface area contributed by atoms with Crippen molar-refractivity contribution in [3.8, 4) is 0 Å². The minimum atomic E-state index is -0.318. The van der Waals surface area contributed by atoms with Crippen molar-refractivity contribution in [2.75, 3.05) is 10.6 Å². The number of para-hydroxylation sites is 1. The number of hydrogen-bond donors (Lipinski definition) is 3. The summed E-state index contributed by atoms with van der Waals surface area (Å²) >= 11 is 3.30. The van der Waals surface area contributed by atoms with Crippen molar-refractivity contribution < 1.29 is 9.59 Å². The average molecular weight is 436 g/mol. The number of fused-ring (bicyclic) bond motifs is 1. The van der Waals surface area contributed by atoms with Crippen molar-refractivity contribution in [2.45, 2.75) is 0 Å². The molecule has 0 bridgehead atoms. The number of aromatic amines is 1. The van der Waals surface area contributed by atoms with Gasteiger partial charge in [-0.1, -0.05) is 18.2 Å². The predicted octanol–water partition coefficient (Wildman–Crippen LogP) is 4.23. The van der Waals surface area contributed by atoms with Gasteiger partial charge in [-0.25, -0.2) is 4.98 Å². The number of pyridine rings is 1. The lowest BCUT2D eigenvalue weighted by Crippen LogP contribution is -2.15. The number of carbonyl (C=O) groups is 2. The topological polar surface area (TPSA) is 99.8 Å². The molecule has 0 saturated carbocycles. The Morgan fingerprint density at radius 3 is 2.61 bits per heavy atom. The highest BCUT2D eigenvalue weighted by molar-refractivity contribution is 9.10. The smallest absolute Gasteiger partial charge is 0.257 e. The molecule has 0 aliphatic rings. The first-order valence-corrected chi connectivity index (χ1v) is 9.16. The van der Waals surface area contributed by atoms with Gasteiger partial charge in [-0.05, 0) is 52.3 Å². The van der Waals surface area contributed by atoms with Gasteiger partial charge in [0.25, 0.3) is 11.8 Å². The second kappa shape index (κ2) is 7.61. The van der Waals surface area contributed by atoms with Gasteiger partial charge in [-0.3, -0.25) is 14.7 Å². The SMILES string of the molecule is O=C(Nc1ccc(Br)cn1)c1cccc(NC(=O)c2cccc3cn[nH]c23)c1. The summed E-state index contributed by atoms with van der Waals surface area (Å²) in [6.07, 6.45) is 3.26. The van der Waals surface area contributed by atoms with E-state index < -0.39 is 0 Å². The normalized spacial score (nSPS) is 10.6. The summed E-state index contributed by atoms with van der Waals surface area (Å²) in [5, 5.41) is 13.2. The first-order valence-electron chi connectivity index (χ1n) is 8.36. The highest BCUT2D eigenvalue weighted by Gasteiger charge is 2.13. The van der Waals surface area contributed by atoms with Crippen LogP contribution in [-0.2, 0) is 0 Å². The minimum Gasteiger partial charge on any atom is -0.322 e. The number of rotatable bonds is 4. The Kier molecular flexibility index (Phi) is 4.86. The van der Waals surface area contributed by atoms with E-state index in [0.717, 1.165) is 9.86 Å². The molecule has 4 aromatic rings. The number of H-pyrrole nitrogens is 1. The lowest BCUT2D eigenvalue weighted by atomic mass is 10.1. The second-order valence-electron chi connectivity index (χ2n) is 5.99. The van der Waals surface area contributed by atoms with Gasteiger partial charge in [0.05, 0.1) is 17.3 Å². The molecule has 4 rings (SSSR count). The Bertz CT molecular complexity index is 1170. The van der Waals surface area contributed by atoms with E-state index in [9.17, 15) is 9.59 Å². The van der Waals surface area contributed by atoms with Crippen LogP contribution in [0, 0.1) is 0 Å². The molecule has 2 amide bonds. The third-order valence-corrected chi connectivity index (χ3v) is 4.54. The minimum absolute atomic E-state index is 0.290. The zero-order valence-electron chi connectivity index (χ0n) is 14.4. The van der Waals surface area contributed by atoms with Gasteiger partial charge in [0.15, 0.2) is 0 Å². The summed E-state index contributed by atoms with van der Waals surface area (Å²) in [7, 11) is 0. The number of anilines is 2. The molecule has 0 atom stereocenters. The van der Waals surface area contributed by atoms with E-state index in [1.54, 1.807) is 60.9 Å². The molecule has 0 saturated heterocycles. The van der Waals surface area contributed by atoms with Crippen LogP contribution in [0.3, 0.4) is 0 Å². The summed E-state index contributed by atoms with van der Waals surface area (Å²) in [6.45, 7) is 0. The quantitative estimate of drug-likeness (QED) is 0.446. The molecule has 0 fully saturated rings. The maximum Gasteiger partial charge on any atom is 0.257 e. The fourth-order valence-corrected chi connectivity index (χ4v) is 2.97. The molecule has 8 heteroatoms. The van der Waals surface area contributed by atoms with Gasteiger partial charge in [0.2, 0.25) is 0 Å². The Hall–Kier alpha value is -3.52. The zero-order chi connectivity index (χ0) is 19.5. The molecule has 0 aliphatic carbocycles. The predicted molar refractivity (Wildman–Crippen MR) is 110 cm³/mol. The first kappa shape index (κ1) is 17.9. The molecule has 0 radical (unpaired) electrons. The van der Waals surface area contributed by atoms with Crippen LogP contribution < -0.4 is 10.6 Å². The van der Waals surface area contributed by atoms with Crippen molar-refractivity contribution in [3.05, 3.63) is 82.6 Å². The Morgan fingerprint density at radius 1 is 0.929 bits per heavy atom. The largest absolute Gasteiger partial charge is 0.322 e. The van der Waals surface area contributed by atoms with Crippen LogP contribution >= 0.6 is 15.9 Å². The Balaban J connectivity index is 1.52. The van der Waals surface area contributed by atoms with Gasteiger partial charge < -0.3 is 10.6 Å². The molecule has 0 unspecified atom stereocenters. The van der Waals surface area contributed by atoms with E-state index in [4.69, 9.17) is 0 Å². The number of hydrogen-bond acceptors (Lipinski definition) is 4. The molecule has 0 spiro atoms. The summed E-state index contributed by atoms with van der Waals surface area (Å²) in [5.41, 5.74) is 2.05. The maximum absolute atomic E-state index is 12.7. The van der Waals surface area contributed by atoms with Crippen molar-refractivity contribution in [1.29, 1.82) is 0 Å². The number of carbonyl (C=O) groups excluding carboxylic acids is 2. The molecule has 7 nitrogen and oxygen atoms in total. The zero-order valence-corrected chi connectivity index (χ0v) is 16.0. The summed E-state index contributed by atoms with van der Waals surface area (Å²) in [5.74, 6) is -0.169. The van der Waals surface area contributed by atoms with Crippen molar-refractivity contribution in [3.63, 3.8) is 0 Å². The lowest BCUT2D eigenvalue weighted by molar-refractivity contribution is 0.101. The van der Waals surface area contributed by atoms with Crippen LogP contribution in [0.5, 0.6) is 0 Å². The molecule has 3 N–H and O–H groups in total. The van der Waals surface area contributed by atoms with Crippen LogP contribution in [0.1, 0.15) is 20.7 Å². The number of nitrogens with zero attached hydrogens (tertiary/aromatic N) is 2. The van der Waals surface area contributed by atoms with Crippen molar-refractivity contribution in [2.24, 2.45) is 0 Å². The molecule has 28 heavy (non-hydrogen) atoms. The maximum atomic E-state index is 12.7. The van der Waals surface area contributed by atoms with E-state index in [1.807, 2.05) is 6.07 Å². The fraction of sp³-hybridized carbons (Fsp3) is 0. The van der Waals surface area contributed by atoms with Crippen molar-refractivity contribution >= 4 is 50.2 Å². The molecule has 0 aliphatic heterocycles. The second-order valence-corrected chi connectivity index (χ2v) is 6.91. The molecule has 2 aromatic heterocycles. The highest BCUT2D eigenvalue weighted by Crippen LogP contribution is 2.19. The standard InChI is InChI=1S/C20H14BrN5O2/c21-14-7-8-17(22-11-14)25-19(27)12-3-1-5-15(9-12)24-20(28)16-6-2-4-13-10-23-26-18(13)16/h1-11H,(H,23,26)(H,24,28)(H,22,25,27). The highest BCUT2D eigenvalue weighted by atomic mass is 79.9. The third kappa shape index (κ3) is 3.77. The molecule has 138 valence electrons. The summed E-state index contributed by atoms with van der Waals surface area (Å²) in [4.78, 5) is 29.2. The summed E-state index contributed by atoms with van der Waals surface area (Å²) in [6, 6.07) is 15.6. The molecule has 2 heterocycles. The van der Waals surface area contributed by atoms with Crippen molar-refractivity contribution in [1.82, 2.24) is 15.2 Å². The van der Waals surface area contributed by atoms with Crippen LogP contribution in [-0.4, -0.2) is 27.0 Å². The van der Waals surface area contributed by atoms with Gasteiger partial charge in [-0.2, -0.15) is 5.10 Å². The number of halogens is 1. The van der Waals surface area contributed by atoms with E-state index in [2.05, 4.69) is 41.7 Å². The third-order valence-electron chi connectivity index (χ3n) is 4.07. The van der Waals surface area contributed by atoms with Crippen LogP contribution in [0.2, 0.25) is 0 Å². The Morgan fingerprint density at radius 2 is 1.79 bits per heavy atom. The van der Waals surface area contributed by atoms with Crippen LogP contribution in [0.25, 0.3) is 10.9 Å². The average Bonchev–Trinajstić information content (AvgIpc) is 3.18. The monoisotopic (exact) mass is 435 g/mol. The molecule has 2 aromatic carbocycles. The van der Waals surface area contributed by atoms with E-state index >= 15 is 0 Å². The first-order chi connectivity index (χ1) is 13.6. The molecular formula is C20H14BrN5O2. The van der Waals surface area contributed by atoms with Crippen LogP contribution in [0.15, 0.2) is 71.5 Å². The van der Waals surface area contributed by atoms with Gasteiger partial charge >= 0.3 is 0 Å². The molecular weight excluding hydrogens is 422 g/mol. The van der Waals surface area contributed by atoms with E-state index in [0.29, 0.717) is 28.1 Å². The van der Waals surface area contributed by atoms with Gasteiger partial charge in [0, 0.05) is 27.3 Å². The lowest BCUT2D eigenvalue weighted by Gasteiger charge is -2.09. The number of aromatic nitrogens is 3. The van der Waals surface area contributed by atoms with E-state index in [1.165, 1.54) is 0 Å². The fourth-order valence-electron chi connectivity index (χ4n) is 2.73. The van der Waals surface area contributed by atoms with Crippen LogP contribution in [0.4, 0.5) is 11.5 Å². The Labute approximate surface area is 168 Å². The summed E-state index contributed by atoms with van der Waals surface area (Å²) < 4.78 is 0.822. The number of amides is 2. The number of nitrogens with one attached hydrogen (secondary N) is 3. The number of benzene rings is 2.